The molecule has 0 aliphatic heterocycles. The fraction of sp³-hybridized carbons (Fsp3) is 0.111. The van der Waals surface area contributed by atoms with E-state index in [2.05, 4.69) is 9.98 Å². The normalized spacial score (nSPS) is 14.9. The molecule has 1 aromatic carbocycles. The van der Waals surface area contributed by atoms with E-state index in [4.69, 9.17) is 0 Å². The predicted molar refractivity (Wildman–Crippen MR) is 86.1 cm³/mol. The van der Waals surface area contributed by atoms with Crippen LogP contribution >= 0.6 is 0 Å². The first kappa shape index (κ1) is 14.8. The molecule has 0 radical (unpaired) electrons. The number of rotatable bonds is 3. The number of aliphatic imine (C=N–C) groups is 1. The molecule has 5 nitrogen and oxygen atoms in total. The number of nitrogens with zero attached hydrogens (tertiary/aromatic N) is 2. The number of aliphatic hydroxyl groups is 1. The summed E-state index contributed by atoms with van der Waals surface area (Å²) in [5.74, 6) is -1.54. The molecule has 0 amide bonds. The van der Waals surface area contributed by atoms with E-state index in [0.717, 1.165) is 0 Å². The van der Waals surface area contributed by atoms with Gasteiger partial charge in [-0.3, -0.25) is 19.6 Å². The number of aromatic nitrogens is 1. The molecule has 1 N–H and O–H groups in total. The highest BCUT2D eigenvalue weighted by molar-refractivity contribution is 6.39. The number of aliphatic hydroxyl groups excluding tert-OH is 1. The first-order chi connectivity index (χ1) is 11.1. The van der Waals surface area contributed by atoms with Gasteiger partial charge in [0.05, 0.1) is 11.3 Å². The van der Waals surface area contributed by atoms with E-state index in [-0.39, 0.29) is 22.4 Å². The van der Waals surface area contributed by atoms with Crippen molar-refractivity contribution < 1.29 is 14.7 Å². The van der Waals surface area contributed by atoms with Gasteiger partial charge in [0.25, 0.3) is 0 Å². The van der Waals surface area contributed by atoms with Crippen molar-refractivity contribution in [3.05, 3.63) is 76.8 Å². The standard InChI is InChI=1S/C18H14N2O3/c1-2-20-15(11-6-5-9-19-10-11)14-16(21)12-7-3-4-8-13(12)17(22)18(14)23/h3-10,23H,2H2,1H3. The molecule has 0 saturated carbocycles. The van der Waals surface area contributed by atoms with Crippen molar-refractivity contribution in [1.29, 1.82) is 0 Å². The molecule has 1 aliphatic carbocycles. The maximum Gasteiger partial charge on any atom is 0.228 e. The Balaban J connectivity index is 2.22. The maximum absolute atomic E-state index is 12.8. The van der Waals surface area contributed by atoms with Crippen molar-refractivity contribution in [1.82, 2.24) is 4.98 Å². The third-order valence-corrected chi connectivity index (χ3v) is 3.58. The number of carbonyl (C=O) groups excluding carboxylic acids is 2. The van der Waals surface area contributed by atoms with E-state index in [1.807, 2.05) is 6.92 Å². The van der Waals surface area contributed by atoms with Crippen LogP contribution in [0.3, 0.4) is 0 Å². The second-order valence-corrected chi connectivity index (χ2v) is 4.99. The average molecular weight is 306 g/mol. The number of hydrogen-bond acceptors (Lipinski definition) is 5. The van der Waals surface area contributed by atoms with Gasteiger partial charge >= 0.3 is 0 Å². The predicted octanol–water partition coefficient (Wildman–Crippen LogP) is 2.78. The Hall–Kier alpha value is -3.08. The summed E-state index contributed by atoms with van der Waals surface area (Å²) < 4.78 is 0. The maximum atomic E-state index is 12.8. The monoisotopic (exact) mass is 306 g/mol. The van der Waals surface area contributed by atoms with Crippen LogP contribution in [0.4, 0.5) is 0 Å². The van der Waals surface area contributed by atoms with E-state index in [9.17, 15) is 14.7 Å². The summed E-state index contributed by atoms with van der Waals surface area (Å²) >= 11 is 0. The lowest BCUT2D eigenvalue weighted by Crippen LogP contribution is -2.27. The number of hydrogen-bond donors (Lipinski definition) is 1. The minimum Gasteiger partial charge on any atom is -0.504 e. The van der Waals surface area contributed by atoms with Crippen molar-refractivity contribution >= 4 is 17.3 Å². The first-order valence-electron chi connectivity index (χ1n) is 7.22. The van der Waals surface area contributed by atoms with Gasteiger partial charge in [-0.1, -0.05) is 24.3 Å². The molecular weight excluding hydrogens is 292 g/mol. The zero-order chi connectivity index (χ0) is 16.4. The summed E-state index contributed by atoms with van der Waals surface area (Å²) in [7, 11) is 0. The molecule has 1 aromatic heterocycles. The van der Waals surface area contributed by atoms with Gasteiger partial charge in [-0.25, -0.2) is 0 Å². The molecule has 0 atom stereocenters. The highest BCUT2D eigenvalue weighted by Gasteiger charge is 2.34. The lowest BCUT2D eigenvalue weighted by atomic mass is 9.84. The molecule has 1 aliphatic rings. The van der Waals surface area contributed by atoms with Crippen LogP contribution in [0.2, 0.25) is 0 Å². The molecular formula is C18H14N2O3. The molecule has 0 spiro atoms. The van der Waals surface area contributed by atoms with Crippen LogP contribution in [0.1, 0.15) is 33.2 Å². The Kier molecular flexibility index (Phi) is 3.85. The molecule has 2 aromatic rings. The minimum atomic E-state index is -0.567. The van der Waals surface area contributed by atoms with Crippen molar-refractivity contribution in [2.45, 2.75) is 6.92 Å². The summed E-state index contributed by atoms with van der Waals surface area (Å²) in [6.45, 7) is 2.22. The highest BCUT2D eigenvalue weighted by atomic mass is 16.3. The minimum absolute atomic E-state index is 0.0662. The Bertz CT molecular complexity index is 852. The molecule has 3 rings (SSSR count). The summed E-state index contributed by atoms with van der Waals surface area (Å²) in [6.07, 6.45) is 3.15. The largest absolute Gasteiger partial charge is 0.504 e. The van der Waals surface area contributed by atoms with Crippen LogP contribution in [0.5, 0.6) is 0 Å². The van der Waals surface area contributed by atoms with Gasteiger partial charge in [0.1, 0.15) is 0 Å². The van der Waals surface area contributed by atoms with Crippen molar-refractivity contribution in [2.75, 3.05) is 6.54 Å². The van der Waals surface area contributed by atoms with E-state index in [0.29, 0.717) is 12.1 Å². The number of allylic oxidation sites excluding steroid dienone is 2. The fourth-order valence-corrected chi connectivity index (χ4v) is 2.56. The Morgan fingerprint density at radius 3 is 2.39 bits per heavy atom. The molecule has 1 heterocycles. The van der Waals surface area contributed by atoms with Crippen molar-refractivity contribution in [3.8, 4) is 0 Å². The van der Waals surface area contributed by atoms with Gasteiger partial charge in [0.15, 0.2) is 11.5 Å². The number of ketones is 2. The van der Waals surface area contributed by atoms with E-state index >= 15 is 0 Å². The summed E-state index contributed by atoms with van der Waals surface area (Å²) in [5, 5.41) is 10.3. The summed E-state index contributed by atoms with van der Waals surface area (Å²) in [6, 6.07) is 9.90. The third kappa shape index (κ3) is 2.46. The molecule has 23 heavy (non-hydrogen) atoms. The van der Waals surface area contributed by atoms with Gasteiger partial charge < -0.3 is 5.11 Å². The second kappa shape index (κ2) is 5.96. The highest BCUT2D eigenvalue weighted by Crippen LogP contribution is 2.27. The van der Waals surface area contributed by atoms with Crippen LogP contribution in [-0.4, -0.2) is 33.9 Å². The van der Waals surface area contributed by atoms with Gasteiger partial charge in [-0.15, -0.1) is 0 Å². The molecule has 0 saturated heterocycles. The van der Waals surface area contributed by atoms with Crippen LogP contribution in [0.15, 0.2) is 65.1 Å². The molecule has 0 bridgehead atoms. The van der Waals surface area contributed by atoms with Crippen molar-refractivity contribution in [2.24, 2.45) is 4.99 Å². The fourth-order valence-electron chi connectivity index (χ4n) is 2.56. The number of fused-ring (bicyclic) bond motifs is 1. The first-order valence-corrected chi connectivity index (χ1v) is 7.22. The lowest BCUT2D eigenvalue weighted by molar-refractivity contribution is 0.0934. The van der Waals surface area contributed by atoms with Crippen LogP contribution in [0, 0.1) is 0 Å². The van der Waals surface area contributed by atoms with Gasteiger partial charge in [-0.05, 0) is 19.1 Å². The van der Waals surface area contributed by atoms with Crippen molar-refractivity contribution in [3.63, 3.8) is 0 Å². The van der Waals surface area contributed by atoms with Gasteiger partial charge in [0, 0.05) is 35.6 Å². The summed E-state index contributed by atoms with van der Waals surface area (Å²) in [4.78, 5) is 33.5. The quantitative estimate of drug-likeness (QED) is 0.884. The molecule has 5 heteroatoms. The van der Waals surface area contributed by atoms with E-state index < -0.39 is 17.3 Å². The molecule has 114 valence electrons. The Morgan fingerprint density at radius 1 is 1.09 bits per heavy atom. The SMILES string of the molecule is CCN=C(C1=C(O)C(=O)c2ccccc2C1=O)c1cccnc1. The summed E-state index contributed by atoms with van der Waals surface area (Å²) in [5.41, 5.74) is 1.28. The second-order valence-electron chi connectivity index (χ2n) is 4.99. The van der Waals surface area contributed by atoms with Crippen LogP contribution < -0.4 is 0 Å². The number of benzene rings is 1. The van der Waals surface area contributed by atoms with Crippen LogP contribution in [-0.2, 0) is 0 Å². The molecule has 0 unspecified atom stereocenters. The molecule has 0 fully saturated rings. The number of pyridine rings is 1. The van der Waals surface area contributed by atoms with Gasteiger partial charge in [0.2, 0.25) is 5.78 Å². The zero-order valence-corrected chi connectivity index (χ0v) is 12.5. The number of Topliss-reactive ketones (excluding diaryl/α,β-unsaturated/α-hetero) is 2. The third-order valence-electron chi connectivity index (χ3n) is 3.58. The average Bonchev–Trinajstić information content (AvgIpc) is 2.60. The lowest BCUT2D eigenvalue weighted by Gasteiger charge is -2.19. The zero-order valence-electron chi connectivity index (χ0n) is 12.5. The Morgan fingerprint density at radius 2 is 1.78 bits per heavy atom. The number of carbonyl (C=O) groups is 2. The van der Waals surface area contributed by atoms with E-state index in [1.54, 1.807) is 42.7 Å². The smallest absolute Gasteiger partial charge is 0.228 e. The van der Waals surface area contributed by atoms with E-state index in [1.165, 1.54) is 6.07 Å². The van der Waals surface area contributed by atoms with Gasteiger partial charge in [-0.2, -0.15) is 0 Å². The topological polar surface area (TPSA) is 79.6 Å². The Labute approximate surface area is 133 Å². The van der Waals surface area contributed by atoms with Crippen LogP contribution in [0.25, 0.3) is 0 Å².